The molecule has 3 heteroatoms. The molecule has 4 rings (SSSR count). The second kappa shape index (κ2) is 6.24. The SMILES string of the molecule is C=CC(/C=C/C)[C@]1([Si](C)(C)C)[C]N2CCc3c([nH]c4ccccc34)[C@H]2C1. The van der Waals surface area contributed by atoms with E-state index in [1.54, 1.807) is 0 Å². The minimum Gasteiger partial charge on any atom is -0.357 e. The van der Waals surface area contributed by atoms with Gasteiger partial charge in [0.2, 0.25) is 0 Å². The van der Waals surface area contributed by atoms with Crippen molar-refractivity contribution in [1.29, 1.82) is 0 Å². The molecule has 1 unspecified atom stereocenters. The summed E-state index contributed by atoms with van der Waals surface area (Å²) in [5.41, 5.74) is 4.23. The Kier molecular flexibility index (Phi) is 4.28. The highest BCUT2D eigenvalue weighted by atomic mass is 28.3. The first-order valence-corrected chi connectivity index (χ1v) is 13.3. The average molecular weight is 363 g/mol. The van der Waals surface area contributed by atoms with E-state index in [1.807, 2.05) is 0 Å². The van der Waals surface area contributed by atoms with E-state index in [4.69, 9.17) is 0 Å². The number of H-pyrrole nitrogens is 1. The Hall–Kier alpha value is -1.58. The highest BCUT2D eigenvalue weighted by Crippen LogP contribution is 2.62. The molecule has 2 aromatic rings. The molecule has 1 saturated heterocycles. The summed E-state index contributed by atoms with van der Waals surface area (Å²) in [7, 11) is -1.53. The molecule has 0 spiro atoms. The number of allylic oxidation sites excluding steroid dienone is 3. The lowest BCUT2D eigenvalue weighted by atomic mass is 9.87. The summed E-state index contributed by atoms with van der Waals surface area (Å²) < 4.78 is 0. The van der Waals surface area contributed by atoms with Gasteiger partial charge in [-0.05, 0) is 42.4 Å². The van der Waals surface area contributed by atoms with Crippen molar-refractivity contribution in [2.75, 3.05) is 6.54 Å². The summed E-state index contributed by atoms with van der Waals surface area (Å²) in [6.07, 6.45) is 8.91. The second-order valence-electron chi connectivity index (χ2n) is 8.85. The normalized spacial score (nSPS) is 27.6. The monoisotopic (exact) mass is 362 g/mol. The summed E-state index contributed by atoms with van der Waals surface area (Å²) in [4.78, 5) is 6.27. The maximum atomic E-state index is 4.18. The zero-order chi connectivity index (χ0) is 18.5. The van der Waals surface area contributed by atoms with Crippen molar-refractivity contribution in [2.24, 2.45) is 5.92 Å². The first-order chi connectivity index (χ1) is 12.4. The van der Waals surface area contributed by atoms with Crippen LogP contribution in [0.5, 0.6) is 0 Å². The predicted molar refractivity (Wildman–Crippen MR) is 114 cm³/mol. The quantitative estimate of drug-likeness (QED) is 0.524. The standard InChI is InChI=1S/C23H30N2Si/c1-6-10-17(7-2)23(26(3,4)5)15-21-22-19(13-14-25(21)16-23)18-11-8-9-12-20(18)24-22/h6-12,17,21,24H,2,13-15H2,1,3-5H3/b10-6+/t17?,21-,23-/m1/s1. The molecule has 0 aliphatic carbocycles. The van der Waals surface area contributed by atoms with Gasteiger partial charge in [-0.25, -0.2) is 0 Å². The molecule has 1 N–H and O–H groups in total. The van der Waals surface area contributed by atoms with Gasteiger partial charge < -0.3 is 4.98 Å². The van der Waals surface area contributed by atoms with Gasteiger partial charge in [0.25, 0.3) is 0 Å². The highest BCUT2D eigenvalue weighted by Gasteiger charge is 2.56. The van der Waals surface area contributed by atoms with E-state index < -0.39 is 8.07 Å². The zero-order valence-corrected chi connectivity index (χ0v) is 17.5. The van der Waals surface area contributed by atoms with E-state index in [0.717, 1.165) is 19.4 Å². The van der Waals surface area contributed by atoms with Gasteiger partial charge in [0, 0.05) is 23.1 Å². The lowest BCUT2D eigenvalue weighted by Crippen LogP contribution is -2.43. The maximum absolute atomic E-state index is 4.18. The molecule has 2 radical (unpaired) electrons. The molecular formula is C23H30N2Si. The molecule has 136 valence electrons. The molecule has 0 amide bonds. The van der Waals surface area contributed by atoms with Gasteiger partial charge in [0.05, 0.1) is 20.7 Å². The van der Waals surface area contributed by atoms with Gasteiger partial charge in [-0.1, -0.05) is 56.1 Å². The van der Waals surface area contributed by atoms with E-state index in [1.165, 1.54) is 22.2 Å². The Morgan fingerprint density at radius 3 is 2.81 bits per heavy atom. The molecule has 3 atom stereocenters. The first-order valence-electron chi connectivity index (χ1n) is 9.80. The van der Waals surface area contributed by atoms with Gasteiger partial charge in [0.15, 0.2) is 0 Å². The van der Waals surface area contributed by atoms with Crippen molar-refractivity contribution in [3.63, 3.8) is 0 Å². The van der Waals surface area contributed by atoms with Crippen molar-refractivity contribution < 1.29 is 0 Å². The summed E-state index contributed by atoms with van der Waals surface area (Å²) >= 11 is 0. The van der Waals surface area contributed by atoms with E-state index in [2.05, 4.69) is 92.1 Å². The highest BCUT2D eigenvalue weighted by molar-refractivity contribution is 6.79. The summed E-state index contributed by atoms with van der Waals surface area (Å²) in [6.45, 7) is 18.9. The lowest BCUT2D eigenvalue weighted by Gasteiger charge is -2.44. The van der Waals surface area contributed by atoms with E-state index in [9.17, 15) is 0 Å². The minimum absolute atomic E-state index is 0.102. The van der Waals surface area contributed by atoms with Crippen LogP contribution < -0.4 is 0 Å². The third-order valence-electron chi connectivity index (χ3n) is 6.58. The van der Waals surface area contributed by atoms with Crippen molar-refractivity contribution in [3.8, 4) is 0 Å². The van der Waals surface area contributed by atoms with Crippen LogP contribution in [0, 0.1) is 12.5 Å². The Morgan fingerprint density at radius 2 is 2.12 bits per heavy atom. The number of fused-ring (bicyclic) bond motifs is 5. The lowest BCUT2D eigenvalue weighted by molar-refractivity contribution is 0.273. The van der Waals surface area contributed by atoms with Gasteiger partial charge >= 0.3 is 0 Å². The number of hydrogen-bond acceptors (Lipinski definition) is 1. The molecule has 1 aromatic heterocycles. The Balaban J connectivity index is 1.81. The smallest absolute Gasteiger partial charge is 0.0669 e. The van der Waals surface area contributed by atoms with Gasteiger partial charge in [0.1, 0.15) is 0 Å². The van der Waals surface area contributed by atoms with Crippen molar-refractivity contribution in [3.05, 3.63) is 66.9 Å². The van der Waals surface area contributed by atoms with Crippen LogP contribution in [0.15, 0.2) is 49.1 Å². The molecule has 0 saturated carbocycles. The third kappa shape index (κ3) is 2.48. The number of para-hydroxylation sites is 1. The maximum Gasteiger partial charge on any atom is 0.0669 e. The van der Waals surface area contributed by atoms with Crippen molar-refractivity contribution in [2.45, 2.75) is 50.5 Å². The fraction of sp³-hybridized carbons (Fsp3) is 0.435. The molecule has 2 nitrogen and oxygen atoms in total. The second-order valence-corrected chi connectivity index (χ2v) is 14.2. The van der Waals surface area contributed by atoms with Crippen LogP contribution in [0.2, 0.25) is 24.7 Å². The number of nitrogens with zero attached hydrogens (tertiary/aromatic N) is 1. The molecule has 0 bridgehead atoms. The number of hydrogen-bond donors (Lipinski definition) is 1. The van der Waals surface area contributed by atoms with Crippen LogP contribution in [0.1, 0.15) is 30.6 Å². The third-order valence-corrected chi connectivity index (χ3v) is 9.90. The van der Waals surface area contributed by atoms with Crippen LogP contribution in [0.25, 0.3) is 10.9 Å². The van der Waals surface area contributed by atoms with Crippen molar-refractivity contribution >= 4 is 19.0 Å². The number of nitrogens with one attached hydrogen (secondary N) is 1. The van der Waals surface area contributed by atoms with Gasteiger partial charge in [-0.3, -0.25) is 4.90 Å². The molecule has 1 aromatic carbocycles. The summed E-state index contributed by atoms with van der Waals surface area (Å²) in [5, 5.41) is 1.51. The number of aromatic nitrogens is 1. The summed E-state index contributed by atoms with van der Waals surface area (Å²) in [6, 6.07) is 9.17. The Morgan fingerprint density at radius 1 is 1.35 bits per heavy atom. The topological polar surface area (TPSA) is 19.0 Å². The first kappa shape index (κ1) is 17.8. The fourth-order valence-corrected chi connectivity index (χ4v) is 7.61. The molecule has 2 aliphatic rings. The van der Waals surface area contributed by atoms with Crippen LogP contribution in [-0.2, 0) is 6.42 Å². The van der Waals surface area contributed by atoms with Crippen LogP contribution in [0.3, 0.4) is 0 Å². The Labute approximate surface area is 159 Å². The molecule has 26 heavy (non-hydrogen) atoms. The minimum atomic E-state index is -1.53. The molecular weight excluding hydrogens is 332 g/mol. The molecule has 2 aliphatic heterocycles. The predicted octanol–water partition coefficient (Wildman–Crippen LogP) is 5.97. The van der Waals surface area contributed by atoms with E-state index in [0.29, 0.717) is 12.0 Å². The average Bonchev–Trinajstić information content (AvgIpc) is 3.18. The van der Waals surface area contributed by atoms with Gasteiger partial charge in [-0.2, -0.15) is 0 Å². The van der Waals surface area contributed by atoms with E-state index >= 15 is 0 Å². The summed E-state index contributed by atoms with van der Waals surface area (Å²) in [5.74, 6) is 0.359. The number of benzene rings is 1. The number of rotatable bonds is 4. The molecule has 3 heterocycles. The van der Waals surface area contributed by atoms with Crippen LogP contribution >= 0.6 is 0 Å². The fourth-order valence-electron chi connectivity index (χ4n) is 5.11. The number of aromatic amines is 1. The van der Waals surface area contributed by atoms with Crippen LogP contribution in [0.4, 0.5) is 0 Å². The Bertz CT molecular complexity index is 857. The molecule has 1 fully saturated rings. The largest absolute Gasteiger partial charge is 0.357 e. The van der Waals surface area contributed by atoms with Crippen molar-refractivity contribution in [1.82, 2.24) is 9.88 Å². The van der Waals surface area contributed by atoms with Gasteiger partial charge in [-0.15, -0.1) is 6.58 Å². The van der Waals surface area contributed by atoms with E-state index in [-0.39, 0.29) is 5.04 Å². The van der Waals surface area contributed by atoms with Crippen LogP contribution in [-0.4, -0.2) is 24.5 Å². The zero-order valence-electron chi connectivity index (χ0n) is 16.5.